The van der Waals surface area contributed by atoms with Crippen LogP contribution in [0.4, 0.5) is 17.6 Å². The molecule has 2 aromatic rings. The molecule has 0 amide bonds. The number of alkyl halides is 3. The summed E-state index contributed by atoms with van der Waals surface area (Å²) in [5, 5.41) is 14.8. The van der Waals surface area contributed by atoms with Crippen LogP contribution in [0.1, 0.15) is 21.7 Å². The fourth-order valence-electron chi connectivity index (χ4n) is 1.66. The number of carbonyl (C=O) groups is 1. The molecule has 0 spiro atoms. The van der Waals surface area contributed by atoms with Gasteiger partial charge in [-0.05, 0) is 17.7 Å². The monoisotopic (exact) mass is 323 g/mol. The van der Waals surface area contributed by atoms with Crippen LogP contribution < -0.4 is 0 Å². The van der Waals surface area contributed by atoms with Crippen LogP contribution in [-0.4, -0.2) is 26.1 Å². The second-order valence-corrected chi connectivity index (χ2v) is 4.39. The summed E-state index contributed by atoms with van der Waals surface area (Å²) in [5.74, 6) is -2.50. The van der Waals surface area contributed by atoms with Crippen LogP contribution in [0.25, 0.3) is 0 Å². The molecule has 0 bridgehead atoms. The van der Waals surface area contributed by atoms with E-state index < -0.39 is 35.9 Å². The molecule has 21 heavy (non-hydrogen) atoms. The summed E-state index contributed by atoms with van der Waals surface area (Å²) in [6, 6.07) is 3.13. The number of rotatable bonds is 3. The van der Waals surface area contributed by atoms with E-state index in [-0.39, 0.29) is 10.6 Å². The lowest BCUT2D eigenvalue weighted by Crippen LogP contribution is -2.19. The molecule has 0 unspecified atom stereocenters. The van der Waals surface area contributed by atoms with Crippen molar-refractivity contribution in [1.29, 1.82) is 0 Å². The molecular weight excluding hydrogens is 318 g/mol. The number of hydrogen-bond donors (Lipinski definition) is 1. The number of carboxylic acid groups (broad SMARTS) is 1. The molecule has 0 saturated carbocycles. The van der Waals surface area contributed by atoms with Crippen molar-refractivity contribution >= 4 is 17.6 Å². The van der Waals surface area contributed by atoms with Crippen LogP contribution in [0.15, 0.2) is 18.2 Å². The second kappa shape index (κ2) is 5.32. The minimum atomic E-state index is -4.95. The zero-order valence-electron chi connectivity index (χ0n) is 10.0. The molecule has 5 nitrogen and oxygen atoms in total. The van der Waals surface area contributed by atoms with Gasteiger partial charge in [0.25, 0.3) is 0 Å². The Bertz CT molecular complexity index is 699. The quantitative estimate of drug-likeness (QED) is 0.882. The average Bonchev–Trinajstić information content (AvgIpc) is 2.76. The molecule has 1 aromatic carbocycles. The lowest BCUT2D eigenvalue weighted by Gasteiger charge is -2.11. The van der Waals surface area contributed by atoms with Crippen molar-refractivity contribution < 1.29 is 27.5 Å². The number of aromatic carboxylic acids is 1. The molecule has 0 aliphatic heterocycles. The average molecular weight is 324 g/mol. The summed E-state index contributed by atoms with van der Waals surface area (Å²) < 4.78 is 52.0. The van der Waals surface area contributed by atoms with E-state index in [1.165, 1.54) is 6.07 Å². The van der Waals surface area contributed by atoms with E-state index in [4.69, 9.17) is 16.7 Å². The van der Waals surface area contributed by atoms with Crippen LogP contribution in [-0.2, 0) is 12.7 Å². The van der Waals surface area contributed by atoms with Crippen LogP contribution in [0.2, 0.25) is 5.02 Å². The van der Waals surface area contributed by atoms with Crippen molar-refractivity contribution in [2.45, 2.75) is 12.7 Å². The minimum Gasteiger partial charge on any atom is -0.476 e. The molecule has 2 rings (SSSR count). The summed E-state index contributed by atoms with van der Waals surface area (Å²) in [7, 11) is 0. The first-order chi connectivity index (χ1) is 9.70. The first kappa shape index (κ1) is 15.2. The van der Waals surface area contributed by atoms with E-state index in [1.54, 1.807) is 0 Å². The number of carboxylic acids is 1. The Kier molecular flexibility index (Phi) is 3.86. The molecule has 0 aliphatic rings. The molecule has 0 radical (unpaired) electrons. The van der Waals surface area contributed by atoms with E-state index in [2.05, 4.69) is 10.3 Å². The van der Waals surface area contributed by atoms with Crippen molar-refractivity contribution in [3.05, 3.63) is 46.0 Å². The number of hydrogen-bond acceptors (Lipinski definition) is 3. The highest BCUT2D eigenvalue weighted by Gasteiger charge is 2.41. The van der Waals surface area contributed by atoms with Crippen molar-refractivity contribution in [1.82, 2.24) is 15.0 Å². The highest BCUT2D eigenvalue weighted by molar-refractivity contribution is 6.31. The summed E-state index contributed by atoms with van der Waals surface area (Å²) in [4.78, 5) is 10.8. The van der Waals surface area contributed by atoms with Crippen LogP contribution >= 0.6 is 11.6 Å². The Balaban J connectivity index is 2.47. The normalized spacial score (nSPS) is 11.7. The molecule has 112 valence electrons. The maximum atomic E-state index is 12.9. The summed E-state index contributed by atoms with van der Waals surface area (Å²) in [5.41, 5.74) is -2.57. The maximum Gasteiger partial charge on any atom is 0.435 e. The van der Waals surface area contributed by atoms with Crippen LogP contribution in [0.3, 0.4) is 0 Å². The van der Waals surface area contributed by atoms with E-state index in [0.717, 1.165) is 12.1 Å². The predicted molar refractivity (Wildman–Crippen MR) is 62.5 cm³/mol. The second-order valence-electron chi connectivity index (χ2n) is 3.98. The van der Waals surface area contributed by atoms with Crippen LogP contribution in [0.5, 0.6) is 0 Å². The lowest BCUT2D eigenvalue weighted by molar-refractivity contribution is -0.144. The molecular formula is C11H6ClF4N3O2. The highest BCUT2D eigenvalue weighted by atomic mass is 35.5. The molecule has 0 aliphatic carbocycles. The third-order valence-corrected chi connectivity index (χ3v) is 2.89. The van der Waals surface area contributed by atoms with Gasteiger partial charge in [-0.15, -0.1) is 5.10 Å². The third kappa shape index (κ3) is 3.13. The molecule has 0 atom stereocenters. The Morgan fingerprint density at radius 3 is 2.57 bits per heavy atom. The largest absolute Gasteiger partial charge is 0.476 e. The van der Waals surface area contributed by atoms with E-state index in [9.17, 15) is 22.4 Å². The van der Waals surface area contributed by atoms with Gasteiger partial charge in [-0.2, -0.15) is 13.2 Å². The fraction of sp³-hybridized carbons (Fsp3) is 0.182. The van der Waals surface area contributed by atoms with Gasteiger partial charge in [0.1, 0.15) is 5.82 Å². The van der Waals surface area contributed by atoms with Crippen LogP contribution in [0, 0.1) is 5.82 Å². The SMILES string of the molecule is O=C(O)c1nnn(Cc2ccc(F)cc2Cl)c1C(F)(F)F. The Labute approximate surface area is 119 Å². The van der Waals surface area contributed by atoms with Gasteiger partial charge in [0, 0.05) is 5.02 Å². The van der Waals surface area contributed by atoms with E-state index in [1.807, 2.05) is 0 Å². The Morgan fingerprint density at radius 1 is 1.38 bits per heavy atom. The van der Waals surface area contributed by atoms with Gasteiger partial charge in [0.15, 0.2) is 5.69 Å². The van der Waals surface area contributed by atoms with Gasteiger partial charge in [0.2, 0.25) is 5.69 Å². The maximum absolute atomic E-state index is 12.9. The Morgan fingerprint density at radius 2 is 2.05 bits per heavy atom. The standard InChI is InChI=1S/C11H6ClF4N3O2/c12-7-3-6(13)2-1-5(7)4-19-9(11(14,15)16)8(10(20)21)17-18-19/h1-3H,4H2,(H,20,21). The summed E-state index contributed by atoms with van der Waals surface area (Å²) in [6.07, 6.45) is -4.95. The summed E-state index contributed by atoms with van der Waals surface area (Å²) in [6.45, 7) is -0.492. The molecule has 1 aromatic heterocycles. The molecule has 1 N–H and O–H groups in total. The zero-order chi connectivity index (χ0) is 15.8. The molecule has 10 heteroatoms. The van der Waals surface area contributed by atoms with E-state index >= 15 is 0 Å². The number of benzene rings is 1. The van der Waals surface area contributed by atoms with E-state index in [0.29, 0.717) is 4.68 Å². The topological polar surface area (TPSA) is 68.0 Å². The van der Waals surface area contributed by atoms with Gasteiger partial charge < -0.3 is 5.11 Å². The predicted octanol–water partition coefficient (Wildman–Crippen LogP) is 2.84. The van der Waals surface area contributed by atoms with Gasteiger partial charge in [-0.25, -0.2) is 13.9 Å². The van der Waals surface area contributed by atoms with Gasteiger partial charge >= 0.3 is 12.1 Å². The highest BCUT2D eigenvalue weighted by Crippen LogP contribution is 2.32. The smallest absolute Gasteiger partial charge is 0.435 e. The van der Waals surface area contributed by atoms with Gasteiger partial charge in [0.05, 0.1) is 6.54 Å². The summed E-state index contributed by atoms with van der Waals surface area (Å²) >= 11 is 5.72. The minimum absolute atomic E-state index is 0.101. The van der Waals surface area contributed by atoms with Crippen molar-refractivity contribution in [2.24, 2.45) is 0 Å². The number of aromatic nitrogens is 3. The Hall–Kier alpha value is -2.16. The number of halogens is 5. The van der Waals surface area contributed by atoms with Gasteiger partial charge in [-0.3, -0.25) is 0 Å². The lowest BCUT2D eigenvalue weighted by atomic mass is 10.2. The molecule has 1 heterocycles. The molecule has 0 saturated heterocycles. The zero-order valence-corrected chi connectivity index (χ0v) is 10.8. The van der Waals surface area contributed by atoms with Crippen molar-refractivity contribution in [3.63, 3.8) is 0 Å². The molecule has 0 fully saturated rings. The third-order valence-electron chi connectivity index (χ3n) is 2.54. The number of nitrogens with zero attached hydrogens (tertiary/aromatic N) is 3. The van der Waals surface area contributed by atoms with Crippen molar-refractivity contribution in [2.75, 3.05) is 0 Å². The first-order valence-electron chi connectivity index (χ1n) is 5.38. The fourth-order valence-corrected chi connectivity index (χ4v) is 1.89. The van der Waals surface area contributed by atoms with Crippen molar-refractivity contribution in [3.8, 4) is 0 Å². The van der Waals surface area contributed by atoms with Gasteiger partial charge in [-0.1, -0.05) is 22.9 Å². The first-order valence-corrected chi connectivity index (χ1v) is 5.76.